The normalized spacial score (nSPS) is 10.3. The van der Waals surface area contributed by atoms with Gasteiger partial charge in [-0.1, -0.05) is 0 Å². The highest BCUT2D eigenvalue weighted by atomic mass is 16.5. The van der Waals surface area contributed by atoms with Crippen LogP contribution in [0.4, 0.5) is 0 Å². The molecule has 0 fully saturated rings. The van der Waals surface area contributed by atoms with Crippen molar-refractivity contribution in [3.8, 4) is 17.0 Å². The molecular formula is C12H14N2O. The minimum Gasteiger partial charge on any atom is -0.497 e. The third-order valence-corrected chi connectivity index (χ3v) is 2.49. The smallest absolute Gasteiger partial charge is 0.118 e. The van der Waals surface area contributed by atoms with E-state index >= 15 is 0 Å². The molecule has 1 aromatic heterocycles. The fourth-order valence-corrected chi connectivity index (χ4v) is 1.46. The average Bonchev–Trinajstić information content (AvgIpc) is 2.59. The predicted octanol–water partition coefficient (Wildman–Crippen LogP) is 2.40. The number of benzene rings is 1. The number of imidazole rings is 1. The summed E-state index contributed by atoms with van der Waals surface area (Å²) in [5, 5.41) is 0. The van der Waals surface area contributed by atoms with E-state index in [1.54, 1.807) is 7.11 Å². The fourth-order valence-electron chi connectivity index (χ4n) is 1.46. The topological polar surface area (TPSA) is 27.1 Å². The highest BCUT2D eigenvalue weighted by Gasteiger charge is 2.03. The number of hydrogen-bond acceptors (Lipinski definition) is 2. The summed E-state index contributed by atoms with van der Waals surface area (Å²) in [7, 11) is 3.66. The minimum atomic E-state index is 0.867. The molecule has 0 saturated heterocycles. The molecule has 3 heteroatoms. The zero-order valence-corrected chi connectivity index (χ0v) is 9.19. The lowest BCUT2D eigenvalue weighted by atomic mass is 10.2. The first kappa shape index (κ1) is 9.77. The maximum Gasteiger partial charge on any atom is 0.118 e. The lowest BCUT2D eigenvalue weighted by Crippen LogP contribution is -1.86. The molecule has 2 aromatic rings. The van der Waals surface area contributed by atoms with Crippen LogP contribution in [0.1, 0.15) is 5.82 Å². The van der Waals surface area contributed by atoms with Crippen molar-refractivity contribution in [1.29, 1.82) is 0 Å². The van der Waals surface area contributed by atoms with Gasteiger partial charge in [0, 0.05) is 18.8 Å². The number of rotatable bonds is 2. The summed E-state index contributed by atoms with van der Waals surface area (Å²) in [6.45, 7) is 1.99. The second-order valence-electron chi connectivity index (χ2n) is 3.51. The van der Waals surface area contributed by atoms with E-state index in [0.717, 1.165) is 22.8 Å². The van der Waals surface area contributed by atoms with Crippen molar-refractivity contribution in [2.45, 2.75) is 6.92 Å². The van der Waals surface area contributed by atoms with Gasteiger partial charge in [0.25, 0.3) is 0 Å². The van der Waals surface area contributed by atoms with Crippen LogP contribution in [0.15, 0.2) is 30.5 Å². The van der Waals surface area contributed by atoms with Crippen LogP contribution in [0.25, 0.3) is 11.3 Å². The summed E-state index contributed by atoms with van der Waals surface area (Å²) < 4.78 is 7.12. The van der Waals surface area contributed by atoms with Crippen molar-refractivity contribution >= 4 is 0 Å². The summed E-state index contributed by atoms with van der Waals surface area (Å²) in [5.74, 6) is 1.88. The standard InChI is InChI=1S/C12H14N2O/c1-9-13-12(8-14(9)2)10-4-6-11(15-3)7-5-10/h4-8H,1-3H3. The van der Waals surface area contributed by atoms with Crippen LogP contribution in [0.2, 0.25) is 0 Å². The number of aryl methyl sites for hydroxylation is 2. The molecule has 1 heterocycles. The Hall–Kier alpha value is -1.77. The molecular weight excluding hydrogens is 188 g/mol. The second-order valence-corrected chi connectivity index (χ2v) is 3.51. The maximum atomic E-state index is 5.11. The largest absolute Gasteiger partial charge is 0.497 e. The quantitative estimate of drug-likeness (QED) is 0.747. The first-order valence-corrected chi connectivity index (χ1v) is 4.85. The Kier molecular flexibility index (Phi) is 2.46. The van der Waals surface area contributed by atoms with E-state index in [2.05, 4.69) is 4.98 Å². The summed E-state index contributed by atoms with van der Waals surface area (Å²) >= 11 is 0. The van der Waals surface area contributed by atoms with Gasteiger partial charge in [-0.05, 0) is 31.2 Å². The SMILES string of the molecule is COc1ccc(-c2cn(C)c(C)n2)cc1. The molecule has 0 aliphatic carbocycles. The van der Waals surface area contributed by atoms with Gasteiger partial charge in [-0.3, -0.25) is 0 Å². The number of ether oxygens (including phenoxy) is 1. The van der Waals surface area contributed by atoms with Crippen LogP contribution < -0.4 is 4.74 Å². The van der Waals surface area contributed by atoms with E-state index < -0.39 is 0 Å². The molecule has 0 radical (unpaired) electrons. The van der Waals surface area contributed by atoms with Crippen LogP contribution in [0.3, 0.4) is 0 Å². The van der Waals surface area contributed by atoms with Gasteiger partial charge in [0.2, 0.25) is 0 Å². The Morgan fingerprint density at radius 3 is 2.33 bits per heavy atom. The van der Waals surface area contributed by atoms with E-state index in [1.165, 1.54) is 0 Å². The Morgan fingerprint density at radius 1 is 1.20 bits per heavy atom. The van der Waals surface area contributed by atoms with Crippen LogP contribution >= 0.6 is 0 Å². The summed E-state index contributed by atoms with van der Waals surface area (Å²) in [6.07, 6.45) is 2.02. The van der Waals surface area contributed by atoms with Crippen molar-refractivity contribution in [1.82, 2.24) is 9.55 Å². The highest BCUT2D eigenvalue weighted by Crippen LogP contribution is 2.21. The lowest BCUT2D eigenvalue weighted by molar-refractivity contribution is 0.415. The number of nitrogens with zero attached hydrogens (tertiary/aromatic N) is 2. The molecule has 0 unspecified atom stereocenters. The molecule has 1 aromatic carbocycles. The van der Waals surface area contributed by atoms with Gasteiger partial charge in [-0.25, -0.2) is 4.98 Å². The molecule has 0 bridgehead atoms. The van der Waals surface area contributed by atoms with Gasteiger partial charge in [-0.2, -0.15) is 0 Å². The van der Waals surface area contributed by atoms with Gasteiger partial charge >= 0.3 is 0 Å². The third kappa shape index (κ3) is 1.86. The molecule has 0 spiro atoms. The van der Waals surface area contributed by atoms with Crippen molar-refractivity contribution in [3.05, 3.63) is 36.3 Å². The van der Waals surface area contributed by atoms with E-state index in [0.29, 0.717) is 0 Å². The summed E-state index contributed by atoms with van der Waals surface area (Å²) in [4.78, 5) is 4.46. The van der Waals surface area contributed by atoms with Gasteiger partial charge in [-0.15, -0.1) is 0 Å². The Morgan fingerprint density at radius 2 is 1.87 bits per heavy atom. The molecule has 0 saturated carbocycles. The van der Waals surface area contributed by atoms with Crippen molar-refractivity contribution in [2.24, 2.45) is 7.05 Å². The van der Waals surface area contributed by atoms with Crippen LogP contribution in [-0.2, 0) is 7.05 Å². The molecule has 2 rings (SSSR count). The number of hydrogen-bond donors (Lipinski definition) is 0. The van der Waals surface area contributed by atoms with E-state index in [4.69, 9.17) is 4.74 Å². The first-order chi connectivity index (χ1) is 7.20. The molecule has 0 amide bonds. The second kappa shape index (κ2) is 3.77. The van der Waals surface area contributed by atoms with Gasteiger partial charge < -0.3 is 9.30 Å². The molecule has 0 N–H and O–H groups in total. The first-order valence-electron chi connectivity index (χ1n) is 4.85. The van der Waals surface area contributed by atoms with Crippen molar-refractivity contribution in [3.63, 3.8) is 0 Å². The summed E-state index contributed by atoms with van der Waals surface area (Å²) in [6, 6.07) is 7.92. The Labute approximate surface area is 89.3 Å². The van der Waals surface area contributed by atoms with Crippen LogP contribution in [0, 0.1) is 6.92 Å². The van der Waals surface area contributed by atoms with E-state index in [9.17, 15) is 0 Å². The Bertz CT molecular complexity index is 437. The molecule has 78 valence electrons. The molecule has 0 aliphatic rings. The fraction of sp³-hybridized carbons (Fsp3) is 0.250. The minimum absolute atomic E-state index is 0.867. The zero-order chi connectivity index (χ0) is 10.8. The third-order valence-electron chi connectivity index (χ3n) is 2.49. The zero-order valence-electron chi connectivity index (χ0n) is 9.19. The monoisotopic (exact) mass is 202 g/mol. The molecule has 0 aliphatic heterocycles. The highest BCUT2D eigenvalue weighted by molar-refractivity contribution is 5.59. The number of methoxy groups -OCH3 is 1. The van der Waals surface area contributed by atoms with Gasteiger partial charge in [0.05, 0.1) is 12.8 Å². The predicted molar refractivity (Wildman–Crippen MR) is 59.9 cm³/mol. The lowest BCUT2D eigenvalue weighted by Gasteiger charge is -2.00. The van der Waals surface area contributed by atoms with E-state index in [1.807, 2.05) is 49.0 Å². The van der Waals surface area contributed by atoms with Crippen molar-refractivity contribution in [2.75, 3.05) is 7.11 Å². The van der Waals surface area contributed by atoms with E-state index in [-0.39, 0.29) is 0 Å². The molecule has 15 heavy (non-hydrogen) atoms. The average molecular weight is 202 g/mol. The maximum absolute atomic E-state index is 5.11. The molecule has 0 atom stereocenters. The van der Waals surface area contributed by atoms with Gasteiger partial charge in [0.15, 0.2) is 0 Å². The molecule has 3 nitrogen and oxygen atoms in total. The van der Waals surface area contributed by atoms with Crippen LogP contribution in [0.5, 0.6) is 5.75 Å². The number of aromatic nitrogens is 2. The van der Waals surface area contributed by atoms with Gasteiger partial charge in [0.1, 0.15) is 11.6 Å². The van der Waals surface area contributed by atoms with Crippen LogP contribution in [-0.4, -0.2) is 16.7 Å². The summed E-state index contributed by atoms with van der Waals surface area (Å²) in [5.41, 5.74) is 2.11. The van der Waals surface area contributed by atoms with Crippen molar-refractivity contribution < 1.29 is 4.74 Å². The Balaban J connectivity index is 2.37.